The van der Waals surface area contributed by atoms with Gasteiger partial charge in [0.05, 0.1) is 6.42 Å². The van der Waals surface area contributed by atoms with E-state index >= 15 is 0 Å². The largest absolute Gasteiger partial charge is 0.481 e. The van der Waals surface area contributed by atoms with E-state index in [1.807, 2.05) is 0 Å². The van der Waals surface area contributed by atoms with Gasteiger partial charge in [-0.1, -0.05) is 0 Å². The van der Waals surface area contributed by atoms with E-state index in [2.05, 4.69) is 5.32 Å². The van der Waals surface area contributed by atoms with Crippen molar-refractivity contribution in [3.8, 4) is 0 Å². The first kappa shape index (κ1) is 14.2. The fourth-order valence-corrected chi connectivity index (χ4v) is 1.13. The quantitative estimate of drug-likeness (QED) is 0.564. The molecule has 0 saturated carbocycles. The van der Waals surface area contributed by atoms with Crippen molar-refractivity contribution in [3.05, 3.63) is 0 Å². The highest BCUT2D eigenvalue weighted by molar-refractivity contribution is 5.83. The molecule has 3 amide bonds. The molecule has 0 radical (unpaired) electrons. The zero-order chi connectivity index (χ0) is 12.7. The Morgan fingerprint density at radius 3 is 2.38 bits per heavy atom. The van der Waals surface area contributed by atoms with Crippen molar-refractivity contribution in [1.29, 1.82) is 0 Å². The summed E-state index contributed by atoms with van der Waals surface area (Å²) in [6, 6.07) is -0.984. The summed E-state index contributed by atoms with van der Waals surface area (Å²) >= 11 is 0. The van der Waals surface area contributed by atoms with Crippen LogP contribution >= 0.6 is 0 Å². The van der Waals surface area contributed by atoms with E-state index in [9.17, 15) is 14.4 Å². The second-order valence-electron chi connectivity index (χ2n) is 3.43. The van der Waals surface area contributed by atoms with Crippen LogP contribution in [0.1, 0.15) is 20.3 Å². The highest BCUT2D eigenvalue weighted by atomic mass is 16.4. The number of primary amides is 1. The number of hydrogen-bond acceptors (Lipinski definition) is 3. The van der Waals surface area contributed by atoms with E-state index in [0.29, 0.717) is 6.54 Å². The average molecular weight is 231 g/mol. The van der Waals surface area contributed by atoms with E-state index in [-0.39, 0.29) is 13.0 Å². The van der Waals surface area contributed by atoms with Crippen molar-refractivity contribution >= 4 is 17.9 Å². The van der Waals surface area contributed by atoms with Crippen LogP contribution in [-0.4, -0.2) is 47.0 Å². The van der Waals surface area contributed by atoms with Crippen molar-refractivity contribution in [2.24, 2.45) is 5.73 Å². The molecule has 0 aromatic carbocycles. The number of nitrogens with two attached hydrogens (primary N) is 1. The SMILES string of the molecule is CCN(CC(N)=O)C(=O)NC(C)CC(=O)O. The molecule has 0 fully saturated rings. The molecule has 0 aliphatic rings. The van der Waals surface area contributed by atoms with Crippen molar-refractivity contribution in [1.82, 2.24) is 10.2 Å². The maximum Gasteiger partial charge on any atom is 0.318 e. The van der Waals surface area contributed by atoms with Gasteiger partial charge in [-0.2, -0.15) is 0 Å². The molecule has 4 N–H and O–H groups in total. The van der Waals surface area contributed by atoms with Crippen molar-refractivity contribution in [2.75, 3.05) is 13.1 Å². The number of nitrogens with one attached hydrogen (secondary N) is 1. The number of urea groups is 1. The van der Waals surface area contributed by atoms with Crippen molar-refractivity contribution in [3.63, 3.8) is 0 Å². The molecule has 7 nitrogen and oxygen atoms in total. The molecule has 0 aromatic heterocycles. The molecule has 0 bridgehead atoms. The highest BCUT2D eigenvalue weighted by Gasteiger charge is 2.17. The average Bonchev–Trinajstić information content (AvgIpc) is 2.11. The predicted molar refractivity (Wildman–Crippen MR) is 56.7 cm³/mol. The zero-order valence-corrected chi connectivity index (χ0v) is 9.40. The summed E-state index contributed by atoms with van der Waals surface area (Å²) in [6.07, 6.45) is -0.167. The van der Waals surface area contributed by atoms with E-state index < -0.39 is 23.9 Å². The third kappa shape index (κ3) is 5.84. The number of carboxylic acid groups (broad SMARTS) is 1. The fourth-order valence-electron chi connectivity index (χ4n) is 1.13. The van der Waals surface area contributed by atoms with Gasteiger partial charge >= 0.3 is 12.0 Å². The maximum atomic E-state index is 11.5. The molecule has 92 valence electrons. The Bertz CT molecular complexity index is 280. The number of carbonyl (C=O) groups is 3. The van der Waals surface area contributed by atoms with Crippen LogP contribution in [0.2, 0.25) is 0 Å². The van der Waals surface area contributed by atoms with Crippen LogP contribution in [-0.2, 0) is 9.59 Å². The summed E-state index contributed by atoms with van der Waals surface area (Å²) in [6.45, 7) is 3.42. The van der Waals surface area contributed by atoms with Gasteiger partial charge in [0.15, 0.2) is 0 Å². The second kappa shape index (κ2) is 6.65. The summed E-state index contributed by atoms with van der Waals surface area (Å²) in [5, 5.41) is 11.0. The van der Waals surface area contributed by atoms with Gasteiger partial charge < -0.3 is 21.1 Å². The van der Waals surface area contributed by atoms with Gasteiger partial charge in [-0.15, -0.1) is 0 Å². The topological polar surface area (TPSA) is 113 Å². The lowest BCUT2D eigenvalue weighted by Gasteiger charge is -2.22. The van der Waals surface area contributed by atoms with E-state index in [1.165, 1.54) is 4.90 Å². The summed E-state index contributed by atoms with van der Waals surface area (Å²) < 4.78 is 0. The van der Waals surface area contributed by atoms with Crippen LogP contribution in [0.3, 0.4) is 0 Å². The van der Waals surface area contributed by atoms with Gasteiger partial charge in [-0.25, -0.2) is 4.79 Å². The van der Waals surface area contributed by atoms with Gasteiger partial charge in [0.2, 0.25) is 5.91 Å². The molecule has 0 saturated heterocycles. The summed E-state index contributed by atoms with van der Waals surface area (Å²) in [4.78, 5) is 33.7. The first-order valence-electron chi connectivity index (χ1n) is 4.92. The Labute approximate surface area is 93.6 Å². The number of hydrogen-bond donors (Lipinski definition) is 3. The monoisotopic (exact) mass is 231 g/mol. The lowest BCUT2D eigenvalue weighted by Crippen LogP contribution is -2.47. The molecule has 7 heteroatoms. The van der Waals surface area contributed by atoms with E-state index in [1.54, 1.807) is 13.8 Å². The standard InChI is InChI=1S/C9H17N3O4/c1-3-12(5-7(10)13)9(16)11-6(2)4-8(14)15/h6H,3-5H2,1-2H3,(H2,10,13)(H,11,16)(H,14,15). The van der Waals surface area contributed by atoms with Crippen molar-refractivity contribution in [2.45, 2.75) is 26.3 Å². The number of amides is 3. The molecule has 16 heavy (non-hydrogen) atoms. The third-order valence-electron chi connectivity index (χ3n) is 1.87. The number of carbonyl (C=O) groups excluding carboxylic acids is 2. The smallest absolute Gasteiger partial charge is 0.318 e. The summed E-state index contributed by atoms with van der Waals surface area (Å²) in [5.41, 5.74) is 4.96. The first-order valence-corrected chi connectivity index (χ1v) is 4.92. The molecular weight excluding hydrogens is 214 g/mol. The van der Waals surface area contributed by atoms with E-state index in [0.717, 1.165) is 0 Å². The van der Waals surface area contributed by atoms with Gasteiger partial charge in [-0.05, 0) is 13.8 Å². The van der Waals surface area contributed by atoms with Crippen LogP contribution in [0.25, 0.3) is 0 Å². The number of aliphatic carboxylic acids is 1. The molecule has 1 unspecified atom stereocenters. The predicted octanol–water partition coefficient (Wildman–Crippen LogP) is -0.634. The second-order valence-corrected chi connectivity index (χ2v) is 3.43. The van der Waals surface area contributed by atoms with Crippen LogP contribution in [0, 0.1) is 0 Å². The van der Waals surface area contributed by atoms with Gasteiger partial charge in [0, 0.05) is 12.6 Å². The molecule has 1 atom stereocenters. The van der Waals surface area contributed by atoms with Crippen LogP contribution in [0.15, 0.2) is 0 Å². The minimum atomic E-state index is -0.995. The summed E-state index contributed by atoms with van der Waals surface area (Å²) in [7, 11) is 0. The Kier molecular flexibility index (Phi) is 5.91. The van der Waals surface area contributed by atoms with E-state index in [4.69, 9.17) is 10.8 Å². The lowest BCUT2D eigenvalue weighted by molar-refractivity contribution is -0.137. The Hall–Kier alpha value is -1.79. The minimum absolute atomic E-state index is 0.167. The third-order valence-corrected chi connectivity index (χ3v) is 1.87. The maximum absolute atomic E-state index is 11.5. The van der Waals surface area contributed by atoms with Crippen LogP contribution in [0.4, 0.5) is 4.79 Å². The molecule has 0 spiro atoms. The fraction of sp³-hybridized carbons (Fsp3) is 0.667. The molecule has 0 heterocycles. The molecule has 0 aliphatic carbocycles. The number of rotatable bonds is 6. The van der Waals surface area contributed by atoms with Crippen LogP contribution < -0.4 is 11.1 Å². The molecule has 0 rings (SSSR count). The molecular formula is C9H17N3O4. The number of nitrogens with zero attached hydrogens (tertiary/aromatic N) is 1. The normalized spacial score (nSPS) is 11.6. The molecule has 0 aromatic rings. The minimum Gasteiger partial charge on any atom is -0.481 e. The lowest BCUT2D eigenvalue weighted by atomic mass is 10.2. The van der Waals surface area contributed by atoms with Gasteiger partial charge in [0.25, 0.3) is 0 Å². The number of likely N-dealkylation sites (N-methyl/N-ethyl adjacent to an activating group) is 1. The first-order chi connectivity index (χ1) is 7.36. The number of carboxylic acids is 1. The Morgan fingerprint density at radius 2 is 2.00 bits per heavy atom. The van der Waals surface area contributed by atoms with Gasteiger partial charge in [-0.3, -0.25) is 9.59 Å². The van der Waals surface area contributed by atoms with Gasteiger partial charge in [0.1, 0.15) is 6.54 Å². The Balaban J connectivity index is 4.20. The Morgan fingerprint density at radius 1 is 1.44 bits per heavy atom. The van der Waals surface area contributed by atoms with Crippen LogP contribution in [0.5, 0.6) is 0 Å². The highest BCUT2D eigenvalue weighted by Crippen LogP contribution is 1.94. The molecule has 0 aliphatic heterocycles. The zero-order valence-electron chi connectivity index (χ0n) is 9.40. The van der Waals surface area contributed by atoms with Crippen molar-refractivity contribution < 1.29 is 19.5 Å². The summed E-state index contributed by atoms with van der Waals surface area (Å²) in [5.74, 6) is -1.60.